The third-order valence-corrected chi connectivity index (χ3v) is 4.09. The van der Waals surface area contributed by atoms with Crippen molar-refractivity contribution >= 4 is 23.3 Å². The molecular formula is C19H19N5O3. The Morgan fingerprint density at radius 1 is 1.15 bits per heavy atom. The van der Waals surface area contributed by atoms with E-state index in [-0.39, 0.29) is 5.91 Å². The van der Waals surface area contributed by atoms with Gasteiger partial charge in [0.1, 0.15) is 0 Å². The van der Waals surface area contributed by atoms with E-state index in [4.69, 9.17) is 4.74 Å². The first-order valence-corrected chi connectivity index (χ1v) is 8.21. The van der Waals surface area contributed by atoms with E-state index in [1.165, 1.54) is 13.3 Å². The van der Waals surface area contributed by atoms with Crippen molar-refractivity contribution in [2.45, 2.75) is 6.92 Å². The van der Waals surface area contributed by atoms with E-state index in [0.29, 0.717) is 22.5 Å². The summed E-state index contributed by atoms with van der Waals surface area (Å²) in [6, 6.07) is 8.73. The number of nitrogens with zero attached hydrogens (tertiary/aromatic N) is 3. The normalized spacial score (nSPS) is 10.3. The van der Waals surface area contributed by atoms with E-state index < -0.39 is 5.97 Å². The number of nitrogens with one attached hydrogen (secondary N) is 2. The number of hydrogen-bond acceptors (Lipinski definition) is 6. The van der Waals surface area contributed by atoms with Gasteiger partial charge < -0.3 is 15.4 Å². The van der Waals surface area contributed by atoms with Crippen molar-refractivity contribution in [2.24, 2.45) is 0 Å². The van der Waals surface area contributed by atoms with Crippen molar-refractivity contribution < 1.29 is 14.3 Å². The van der Waals surface area contributed by atoms with Crippen LogP contribution in [0.5, 0.6) is 0 Å². The molecule has 0 aliphatic rings. The number of carbonyl (C=O) groups excluding carboxylic acids is 2. The number of anilines is 2. The smallest absolute Gasteiger partial charge is 0.340 e. The fourth-order valence-corrected chi connectivity index (χ4v) is 2.64. The minimum absolute atomic E-state index is 0.168. The second kappa shape index (κ2) is 7.69. The average molecular weight is 365 g/mol. The van der Waals surface area contributed by atoms with Crippen LogP contribution >= 0.6 is 0 Å². The first-order valence-electron chi connectivity index (χ1n) is 8.21. The van der Waals surface area contributed by atoms with Crippen LogP contribution in [-0.4, -0.2) is 40.8 Å². The monoisotopic (exact) mass is 365 g/mol. The summed E-state index contributed by atoms with van der Waals surface area (Å²) in [5, 5.41) is 10.2. The third-order valence-electron chi connectivity index (χ3n) is 4.09. The predicted octanol–water partition coefficient (Wildman–Crippen LogP) is 2.47. The van der Waals surface area contributed by atoms with Crippen LogP contribution in [0.15, 0.2) is 48.9 Å². The molecule has 2 aromatic heterocycles. The highest BCUT2D eigenvalue weighted by atomic mass is 16.5. The van der Waals surface area contributed by atoms with Crippen molar-refractivity contribution in [2.75, 3.05) is 19.5 Å². The van der Waals surface area contributed by atoms with Gasteiger partial charge in [-0.2, -0.15) is 5.10 Å². The molecule has 0 saturated carbocycles. The minimum Gasteiger partial charge on any atom is -0.465 e. The van der Waals surface area contributed by atoms with E-state index in [1.807, 2.05) is 13.0 Å². The Hall–Kier alpha value is -3.68. The van der Waals surface area contributed by atoms with Gasteiger partial charge in [0.25, 0.3) is 5.91 Å². The maximum absolute atomic E-state index is 11.9. The number of amides is 1. The lowest BCUT2D eigenvalue weighted by Crippen LogP contribution is -2.18. The number of ether oxygens (including phenoxy) is 1. The highest BCUT2D eigenvalue weighted by Gasteiger charge is 2.15. The van der Waals surface area contributed by atoms with Crippen LogP contribution in [0.3, 0.4) is 0 Å². The lowest BCUT2D eigenvalue weighted by Gasteiger charge is -2.10. The summed E-state index contributed by atoms with van der Waals surface area (Å²) in [6.45, 7) is 1.89. The van der Waals surface area contributed by atoms with Crippen molar-refractivity contribution in [1.82, 2.24) is 20.1 Å². The van der Waals surface area contributed by atoms with Crippen molar-refractivity contribution in [3.63, 3.8) is 0 Å². The van der Waals surface area contributed by atoms with Gasteiger partial charge >= 0.3 is 5.97 Å². The van der Waals surface area contributed by atoms with Gasteiger partial charge in [0, 0.05) is 18.8 Å². The number of methoxy groups -OCH3 is 1. The van der Waals surface area contributed by atoms with Crippen LogP contribution in [0, 0.1) is 6.92 Å². The molecule has 8 heteroatoms. The average Bonchev–Trinajstić information content (AvgIpc) is 3.07. The van der Waals surface area contributed by atoms with E-state index in [9.17, 15) is 9.59 Å². The summed E-state index contributed by atoms with van der Waals surface area (Å²) in [4.78, 5) is 27.8. The molecule has 0 aliphatic heterocycles. The number of hydrogen-bond donors (Lipinski definition) is 2. The zero-order chi connectivity index (χ0) is 19.4. The molecular weight excluding hydrogens is 346 g/mol. The van der Waals surface area contributed by atoms with Crippen LogP contribution in [-0.2, 0) is 4.74 Å². The van der Waals surface area contributed by atoms with Gasteiger partial charge in [-0.1, -0.05) is 6.07 Å². The molecule has 0 fully saturated rings. The largest absolute Gasteiger partial charge is 0.465 e. The van der Waals surface area contributed by atoms with Gasteiger partial charge in [0.05, 0.1) is 47.8 Å². The second-order valence-electron chi connectivity index (χ2n) is 5.72. The van der Waals surface area contributed by atoms with Gasteiger partial charge in [-0.15, -0.1) is 0 Å². The van der Waals surface area contributed by atoms with Gasteiger partial charge in [-0.3, -0.25) is 9.78 Å². The van der Waals surface area contributed by atoms with Gasteiger partial charge in [0.2, 0.25) is 0 Å². The quantitative estimate of drug-likeness (QED) is 0.674. The molecule has 0 unspecified atom stereocenters. The number of benzene rings is 1. The summed E-state index contributed by atoms with van der Waals surface area (Å²) in [7, 11) is 2.91. The van der Waals surface area contributed by atoms with Gasteiger partial charge in [-0.25, -0.2) is 9.48 Å². The molecule has 3 aromatic rings. The molecule has 138 valence electrons. The summed E-state index contributed by atoms with van der Waals surface area (Å²) in [5.41, 5.74) is 3.70. The van der Waals surface area contributed by atoms with Crippen molar-refractivity contribution in [3.8, 4) is 5.69 Å². The highest BCUT2D eigenvalue weighted by Crippen LogP contribution is 2.25. The minimum atomic E-state index is -0.455. The predicted molar refractivity (Wildman–Crippen MR) is 101 cm³/mol. The van der Waals surface area contributed by atoms with Crippen LogP contribution in [0.4, 0.5) is 11.4 Å². The Kier molecular flexibility index (Phi) is 5.16. The van der Waals surface area contributed by atoms with Crippen molar-refractivity contribution in [3.05, 3.63) is 65.7 Å². The van der Waals surface area contributed by atoms with Gasteiger partial charge in [0.15, 0.2) is 0 Å². The summed E-state index contributed by atoms with van der Waals surface area (Å²) < 4.78 is 6.51. The maximum Gasteiger partial charge on any atom is 0.340 e. The van der Waals surface area contributed by atoms with Crippen LogP contribution in [0.25, 0.3) is 5.69 Å². The zero-order valence-electron chi connectivity index (χ0n) is 15.2. The molecule has 1 amide bonds. The number of esters is 1. The van der Waals surface area contributed by atoms with E-state index in [0.717, 1.165) is 11.4 Å². The zero-order valence-corrected chi connectivity index (χ0v) is 15.2. The fraction of sp³-hybridized carbons (Fsp3) is 0.158. The SMILES string of the molecule is CNC(=O)c1cccc(-n2ncc(Nc3cnccc3C(=O)OC)c2C)c1. The number of pyridine rings is 1. The molecule has 0 bridgehead atoms. The van der Waals surface area contributed by atoms with E-state index in [2.05, 4.69) is 20.7 Å². The molecule has 27 heavy (non-hydrogen) atoms. The van der Waals surface area contributed by atoms with Crippen LogP contribution < -0.4 is 10.6 Å². The molecule has 8 nitrogen and oxygen atoms in total. The summed E-state index contributed by atoms with van der Waals surface area (Å²) >= 11 is 0. The van der Waals surface area contributed by atoms with E-state index in [1.54, 1.807) is 48.4 Å². The fourth-order valence-electron chi connectivity index (χ4n) is 2.64. The Morgan fingerprint density at radius 2 is 1.96 bits per heavy atom. The molecule has 0 aliphatic carbocycles. The number of aromatic nitrogens is 3. The Labute approximate surface area is 156 Å². The van der Waals surface area contributed by atoms with E-state index >= 15 is 0 Å². The maximum atomic E-state index is 11.9. The second-order valence-corrected chi connectivity index (χ2v) is 5.72. The first-order chi connectivity index (χ1) is 13.0. The molecule has 3 rings (SSSR count). The molecule has 2 heterocycles. The molecule has 0 radical (unpaired) electrons. The molecule has 0 atom stereocenters. The molecule has 1 aromatic carbocycles. The topological polar surface area (TPSA) is 98.1 Å². The summed E-state index contributed by atoms with van der Waals surface area (Å²) in [6.07, 6.45) is 4.73. The third kappa shape index (κ3) is 3.64. The Morgan fingerprint density at radius 3 is 2.70 bits per heavy atom. The van der Waals surface area contributed by atoms with Crippen molar-refractivity contribution in [1.29, 1.82) is 0 Å². The lowest BCUT2D eigenvalue weighted by atomic mass is 10.2. The van der Waals surface area contributed by atoms with Crippen LogP contribution in [0.2, 0.25) is 0 Å². The standard InChI is InChI=1S/C19H19N5O3/c1-12-16(23-17-10-21-8-7-15(17)19(26)27-3)11-22-24(12)14-6-4-5-13(9-14)18(25)20-2/h4-11,23H,1-3H3,(H,20,25). The molecule has 0 saturated heterocycles. The Bertz CT molecular complexity index is 997. The Balaban J connectivity index is 1.94. The lowest BCUT2D eigenvalue weighted by molar-refractivity contribution is 0.0601. The van der Waals surface area contributed by atoms with Crippen LogP contribution in [0.1, 0.15) is 26.4 Å². The molecule has 2 N–H and O–H groups in total. The molecule has 0 spiro atoms. The summed E-state index contributed by atoms with van der Waals surface area (Å²) in [5.74, 6) is -0.624. The van der Waals surface area contributed by atoms with Gasteiger partial charge in [-0.05, 0) is 31.2 Å². The first kappa shape index (κ1) is 18.1. The number of rotatable bonds is 5. The highest BCUT2D eigenvalue weighted by molar-refractivity contribution is 5.96. The number of carbonyl (C=O) groups is 2.